The first-order valence-electron chi connectivity index (χ1n) is 5.65. The molecule has 1 rings (SSSR count). The molecule has 0 unspecified atom stereocenters. The number of aryl methyl sites for hydroxylation is 1. The zero-order valence-electron chi connectivity index (χ0n) is 10.2. The van der Waals surface area contributed by atoms with Crippen LogP contribution in [0.1, 0.15) is 18.9 Å². The van der Waals surface area contributed by atoms with Crippen molar-refractivity contribution >= 4 is 31.5 Å². The van der Waals surface area contributed by atoms with Gasteiger partial charge in [-0.25, -0.2) is 8.42 Å². The van der Waals surface area contributed by atoms with E-state index in [1.54, 1.807) is 0 Å². The van der Waals surface area contributed by atoms with E-state index in [0.29, 0.717) is 13.0 Å². The highest BCUT2D eigenvalue weighted by Crippen LogP contribution is 2.23. The lowest BCUT2D eigenvalue weighted by molar-refractivity contribution is 0.595. The third kappa shape index (κ3) is 5.08. The standard InChI is InChI=1S/C12H18BrNO2S/c1-3-7-17(15,16)8-6-14-12-5-4-10(2)9-11(12)13/h4-5,9,14H,3,6-8H2,1-2H3. The normalized spacial score (nSPS) is 11.5. The fourth-order valence-electron chi connectivity index (χ4n) is 1.52. The van der Waals surface area contributed by atoms with E-state index in [2.05, 4.69) is 21.2 Å². The first kappa shape index (κ1) is 14.5. The van der Waals surface area contributed by atoms with Gasteiger partial charge >= 0.3 is 0 Å². The Bertz CT molecular complexity index is 471. The fourth-order valence-corrected chi connectivity index (χ4v) is 3.39. The molecule has 1 aromatic carbocycles. The molecule has 0 aliphatic rings. The number of rotatable bonds is 6. The Morgan fingerprint density at radius 2 is 2.00 bits per heavy atom. The summed E-state index contributed by atoms with van der Waals surface area (Å²) in [5.41, 5.74) is 2.10. The van der Waals surface area contributed by atoms with E-state index in [1.807, 2.05) is 32.0 Å². The lowest BCUT2D eigenvalue weighted by Crippen LogP contribution is -2.18. The Morgan fingerprint density at radius 3 is 2.59 bits per heavy atom. The Labute approximate surface area is 112 Å². The largest absolute Gasteiger partial charge is 0.383 e. The van der Waals surface area contributed by atoms with E-state index >= 15 is 0 Å². The summed E-state index contributed by atoms with van der Waals surface area (Å²) >= 11 is 3.45. The van der Waals surface area contributed by atoms with Crippen LogP contribution in [0.5, 0.6) is 0 Å². The first-order valence-corrected chi connectivity index (χ1v) is 8.26. The summed E-state index contributed by atoms with van der Waals surface area (Å²) in [5, 5.41) is 3.13. The van der Waals surface area contributed by atoms with Crippen LogP contribution in [0.4, 0.5) is 5.69 Å². The molecule has 0 spiro atoms. The van der Waals surface area contributed by atoms with E-state index in [-0.39, 0.29) is 11.5 Å². The summed E-state index contributed by atoms with van der Waals surface area (Å²) in [6.45, 7) is 4.34. The summed E-state index contributed by atoms with van der Waals surface area (Å²) in [5.74, 6) is 0.449. The molecule has 0 saturated heterocycles. The van der Waals surface area contributed by atoms with Gasteiger partial charge in [-0.05, 0) is 47.0 Å². The molecule has 0 heterocycles. The average molecular weight is 320 g/mol. The molecular weight excluding hydrogens is 302 g/mol. The minimum Gasteiger partial charge on any atom is -0.383 e. The predicted molar refractivity (Wildman–Crippen MR) is 76.3 cm³/mol. The fraction of sp³-hybridized carbons (Fsp3) is 0.500. The molecule has 1 N–H and O–H groups in total. The quantitative estimate of drug-likeness (QED) is 0.876. The molecule has 0 aliphatic carbocycles. The average Bonchev–Trinajstić information content (AvgIpc) is 2.21. The van der Waals surface area contributed by atoms with Crippen LogP contribution >= 0.6 is 15.9 Å². The number of hydrogen-bond donors (Lipinski definition) is 1. The zero-order chi connectivity index (χ0) is 12.9. The second-order valence-electron chi connectivity index (χ2n) is 4.06. The van der Waals surface area contributed by atoms with Crippen LogP contribution in [-0.2, 0) is 9.84 Å². The summed E-state index contributed by atoms with van der Waals surface area (Å²) in [6.07, 6.45) is 0.677. The highest BCUT2D eigenvalue weighted by Gasteiger charge is 2.08. The van der Waals surface area contributed by atoms with Gasteiger partial charge in [0, 0.05) is 22.5 Å². The topological polar surface area (TPSA) is 46.2 Å². The van der Waals surface area contributed by atoms with E-state index in [1.165, 1.54) is 5.56 Å². The van der Waals surface area contributed by atoms with Crippen molar-refractivity contribution in [1.82, 2.24) is 0 Å². The monoisotopic (exact) mass is 319 g/mol. The highest BCUT2D eigenvalue weighted by atomic mass is 79.9. The molecule has 0 amide bonds. The van der Waals surface area contributed by atoms with E-state index < -0.39 is 9.84 Å². The molecule has 0 bridgehead atoms. The molecule has 0 aromatic heterocycles. The number of nitrogens with one attached hydrogen (secondary N) is 1. The van der Waals surface area contributed by atoms with Crippen molar-refractivity contribution in [2.24, 2.45) is 0 Å². The first-order chi connectivity index (χ1) is 7.94. The molecular formula is C12H18BrNO2S. The Balaban J connectivity index is 2.51. The molecule has 17 heavy (non-hydrogen) atoms. The minimum atomic E-state index is -2.90. The summed E-state index contributed by atoms with van der Waals surface area (Å²) < 4.78 is 24.0. The maximum atomic E-state index is 11.5. The van der Waals surface area contributed by atoms with Crippen molar-refractivity contribution in [2.45, 2.75) is 20.3 Å². The third-order valence-electron chi connectivity index (χ3n) is 2.37. The third-order valence-corrected chi connectivity index (χ3v) is 4.88. The van der Waals surface area contributed by atoms with Crippen LogP contribution < -0.4 is 5.32 Å². The van der Waals surface area contributed by atoms with Gasteiger partial charge in [-0.15, -0.1) is 0 Å². The SMILES string of the molecule is CCCS(=O)(=O)CCNc1ccc(C)cc1Br. The van der Waals surface area contributed by atoms with Crippen molar-refractivity contribution in [3.05, 3.63) is 28.2 Å². The van der Waals surface area contributed by atoms with Crippen molar-refractivity contribution in [1.29, 1.82) is 0 Å². The van der Waals surface area contributed by atoms with Crippen LogP contribution in [0.2, 0.25) is 0 Å². The molecule has 5 heteroatoms. The summed E-state index contributed by atoms with van der Waals surface area (Å²) in [4.78, 5) is 0. The van der Waals surface area contributed by atoms with Gasteiger partial charge < -0.3 is 5.32 Å². The minimum absolute atomic E-state index is 0.182. The van der Waals surface area contributed by atoms with Crippen molar-refractivity contribution < 1.29 is 8.42 Å². The number of benzene rings is 1. The molecule has 0 fully saturated rings. The molecule has 3 nitrogen and oxygen atoms in total. The Kier molecular flexibility index (Phi) is 5.46. The Morgan fingerprint density at radius 1 is 1.29 bits per heavy atom. The zero-order valence-corrected chi connectivity index (χ0v) is 12.6. The van der Waals surface area contributed by atoms with Crippen LogP contribution in [0.15, 0.2) is 22.7 Å². The van der Waals surface area contributed by atoms with Gasteiger partial charge in [-0.1, -0.05) is 13.0 Å². The smallest absolute Gasteiger partial charge is 0.152 e. The lowest BCUT2D eigenvalue weighted by atomic mass is 10.2. The number of hydrogen-bond acceptors (Lipinski definition) is 3. The number of sulfone groups is 1. The van der Waals surface area contributed by atoms with E-state index in [0.717, 1.165) is 10.2 Å². The molecule has 0 saturated carbocycles. The van der Waals surface area contributed by atoms with Crippen molar-refractivity contribution in [3.8, 4) is 0 Å². The Hall–Kier alpha value is -0.550. The second kappa shape index (κ2) is 6.40. The second-order valence-corrected chi connectivity index (χ2v) is 7.22. The van der Waals surface area contributed by atoms with Crippen LogP contribution in [0.25, 0.3) is 0 Å². The van der Waals surface area contributed by atoms with Crippen molar-refractivity contribution in [3.63, 3.8) is 0 Å². The molecule has 1 aromatic rings. The number of halogens is 1. The highest BCUT2D eigenvalue weighted by molar-refractivity contribution is 9.10. The predicted octanol–water partition coefficient (Wildman–Crippen LogP) is 2.99. The van der Waals surface area contributed by atoms with Gasteiger partial charge in [0.1, 0.15) is 0 Å². The summed E-state index contributed by atoms with van der Waals surface area (Å²) in [6, 6.07) is 5.95. The van der Waals surface area contributed by atoms with Gasteiger partial charge in [-0.2, -0.15) is 0 Å². The van der Waals surface area contributed by atoms with Crippen molar-refractivity contribution in [2.75, 3.05) is 23.4 Å². The van der Waals surface area contributed by atoms with E-state index in [4.69, 9.17) is 0 Å². The molecule has 0 radical (unpaired) electrons. The van der Waals surface area contributed by atoms with Gasteiger partial charge in [0.15, 0.2) is 9.84 Å². The number of anilines is 1. The van der Waals surface area contributed by atoms with Gasteiger partial charge in [0.25, 0.3) is 0 Å². The maximum Gasteiger partial charge on any atom is 0.152 e. The molecule has 0 atom stereocenters. The van der Waals surface area contributed by atoms with Crippen LogP contribution in [0, 0.1) is 6.92 Å². The van der Waals surface area contributed by atoms with Gasteiger partial charge in [0.2, 0.25) is 0 Å². The van der Waals surface area contributed by atoms with Gasteiger partial charge in [0.05, 0.1) is 5.75 Å². The van der Waals surface area contributed by atoms with Gasteiger partial charge in [-0.3, -0.25) is 0 Å². The maximum absolute atomic E-state index is 11.5. The summed E-state index contributed by atoms with van der Waals surface area (Å²) in [7, 11) is -2.90. The van der Waals surface area contributed by atoms with Crippen LogP contribution in [0.3, 0.4) is 0 Å². The lowest BCUT2D eigenvalue weighted by Gasteiger charge is -2.09. The molecule has 96 valence electrons. The van der Waals surface area contributed by atoms with Crippen LogP contribution in [-0.4, -0.2) is 26.5 Å². The van der Waals surface area contributed by atoms with E-state index in [9.17, 15) is 8.42 Å². The molecule has 0 aliphatic heterocycles.